The van der Waals surface area contributed by atoms with E-state index in [2.05, 4.69) is 13.8 Å². The summed E-state index contributed by atoms with van der Waals surface area (Å²) in [4.78, 5) is 14.3. The van der Waals surface area contributed by atoms with Gasteiger partial charge < -0.3 is 13.8 Å². The molecule has 1 aromatic rings. The molecule has 0 heterocycles. The fraction of sp³-hybridized carbons (Fsp3) is 0.588. The Labute approximate surface area is 143 Å². The van der Waals surface area contributed by atoms with Gasteiger partial charge in [-0.25, -0.2) is 0 Å². The fourth-order valence-corrected chi connectivity index (χ4v) is 2.99. The van der Waals surface area contributed by atoms with Gasteiger partial charge in [-0.05, 0) is 36.5 Å². The van der Waals surface area contributed by atoms with E-state index in [1.165, 1.54) is 7.11 Å². The van der Waals surface area contributed by atoms with E-state index in [1.807, 2.05) is 11.0 Å². The maximum atomic E-state index is 12.5. The number of rotatable bonds is 8. The van der Waals surface area contributed by atoms with Gasteiger partial charge in [-0.1, -0.05) is 19.9 Å². The van der Waals surface area contributed by atoms with Crippen molar-refractivity contribution >= 4 is 16.0 Å². The standard InChI is InChI=1S/C17H25NO5S/c1-12(2)10-18(17(19)14-6-7-14)11-13-5-8-15(22-3)16(9-13)23-24(4,20)21/h5,8-9,12,14H,6-7,10-11H2,1-4H3. The second kappa shape index (κ2) is 7.42. The Morgan fingerprint density at radius 2 is 1.96 bits per heavy atom. The first-order chi connectivity index (χ1) is 11.2. The number of amides is 1. The zero-order chi connectivity index (χ0) is 17.9. The second-order valence-corrected chi connectivity index (χ2v) is 8.23. The minimum Gasteiger partial charge on any atom is -0.493 e. The Kier molecular flexibility index (Phi) is 5.74. The molecule has 0 spiro atoms. The molecule has 0 aromatic heterocycles. The quantitative estimate of drug-likeness (QED) is 0.670. The number of nitrogens with zero attached hydrogens (tertiary/aromatic N) is 1. The molecule has 0 saturated heterocycles. The van der Waals surface area contributed by atoms with Crippen LogP contribution in [0.5, 0.6) is 11.5 Å². The molecule has 0 unspecified atom stereocenters. The van der Waals surface area contributed by atoms with E-state index in [9.17, 15) is 13.2 Å². The van der Waals surface area contributed by atoms with Gasteiger partial charge in [0.15, 0.2) is 11.5 Å². The van der Waals surface area contributed by atoms with Crippen LogP contribution in [0.15, 0.2) is 18.2 Å². The van der Waals surface area contributed by atoms with E-state index >= 15 is 0 Å². The van der Waals surface area contributed by atoms with Crippen molar-refractivity contribution in [2.24, 2.45) is 11.8 Å². The van der Waals surface area contributed by atoms with Crippen LogP contribution in [0, 0.1) is 11.8 Å². The first kappa shape index (κ1) is 18.6. The third kappa shape index (κ3) is 5.40. The lowest BCUT2D eigenvalue weighted by Crippen LogP contribution is -2.34. The lowest BCUT2D eigenvalue weighted by Gasteiger charge is -2.25. The Morgan fingerprint density at radius 3 is 2.46 bits per heavy atom. The van der Waals surface area contributed by atoms with Gasteiger partial charge in [0.2, 0.25) is 5.91 Å². The zero-order valence-electron chi connectivity index (χ0n) is 14.6. The minimum atomic E-state index is -3.65. The van der Waals surface area contributed by atoms with Crippen LogP contribution in [0.25, 0.3) is 0 Å². The number of ether oxygens (including phenoxy) is 1. The number of carbonyl (C=O) groups excluding carboxylic acids is 1. The maximum absolute atomic E-state index is 12.5. The molecule has 1 aliphatic carbocycles. The van der Waals surface area contributed by atoms with E-state index in [0.717, 1.165) is 24.7 Å². The summed E-state index contributed by atoms with van der Waals surface area (Å²) in [5, 5.41) is 0. The zero-order valence-corrected chi connectivity index (χ0v) is 15.4. The van der Waals surface area contributed by atoms with E-state index in [1.54, 1.807) is 12.1 Å². The van der Waals surface area contributed by atoms with Gasteiger partial charge in [-0.15, -0.1) is 0 Å². The number of hydrogen-bond acceptors (Lipinski definition) is 5. The van der Waals surface area contributed by atoms with Crippen molar-refractivity contribution in [3.05, 3.63) is 23.8 Å². The number of methoxy groups -OCH3 is 1. The molecule has 2 rings (SSSR count). The maximum Gasteiger partial charge on any atom is 0.306 e. The fourth-order valence-electron chi connectivity index (χ4n) is 2.53. The summed E-state index contributed by atoms with van der Waals surface area (Å²) in [7, 11) is -2.20. The SMILES string of the molecule is COc1ccc(CN(CC(C)C)C(=O)C2CC2)cc1OS(C)(=O)=O. The van der Waals surface area contributed by atoms with Crippen molar-refractivity contribution in [1.29, 1.82) is 0 Å². The lowest BCUT2D eigenvalue weighted by atomic mass is 10.1. The molecule has 1 aliphatic rings. The monoisotopic (exact) mass is 355 g/mol. The number of carbonyl (C=O) groups is 1. The highest BCUT2D eigenvalue weighted by molar-refractivity contribution is 7.86. The van der Waals surface area contributed by atoms with Crippen LogP contribution in [0.4, 0.5) is 0 Å². The molecular formula is C17H25NO5S. The van der Waals surface area contributed by atoms with E-state index in [4.69, 9.17) is 8.92 Å². The van der Waals surface area contributed by atoms with Gasteiger partial charge in [0.05, 0.1) is 13.4 Å². The number of hydrogen-bond donors (Lipinski definition) is 0. The molecule has 0 atom stereocenters. The van der Waals surface area contributed by atoms with Crippen LogP contribution in [0.3, 0.4) is 0 Å². The molecule has 0 aliphatic heterocycles. The van der Waals surface area contributed by atoms with E-state index < -0.39 is 10.1 Å². The highest BCUT2D eigenvalue weighted by atomic mass is 32.2. The summed E-state index contributed by atoms with van der Waals surface area (Å²) in [6.07, 6.45) is 2.90. The summed E-state index contributed by atoms with van der Waals surface area (Å²) in [5.74, 6) is 1.16. The molecular weight excluding hydrogens is 330 g/mol. The van der Waals surface area contributed by atoms with Crippen molar-refractivity contribution in [2.75, 3.05) is 19.9 Å². The van der Waals surface area contributed by atoms with Gasteiger partial charge in [-0.2, -0.15) is 8.42 Å². The average Bonchev–Trinajstić information content (AvgIpc) is 3.28. The molecule has 0 N–H and O–H groups in total. The predicted molar refractivity (Wildman–Crippen MR) is 91.4 cm³/mol. The van der Waals surface area contributed by atoms with Crippen molar-refractivity contribution in [3.63, 3.8) is 0 Å². The van der Waals surface area contributed by atoms with Gasteiger partial charge in [0.25, 0.3) is 0 Å². The second-order valence-electron chi connectivity index (χ2n) is 6.66. The highest BCUT2D eigenvalue weighted by Gasteiger charge is 2.33. The van der Waals surface area contributed by atoms with Crippen LogP contribution in [-0.2, 0) is 21.5 Å². The topological polar surface area (TPSA) is 72.9 Å². The summed E-state index contributed by atoms with van der Waals surface area (Å²) in [6, 6.07) is 5.10. The summed E-state index contributed by atoms with van der Waals surface area (Å²) < 4.78 is 33.0. The molecule has 6 nitrogen and oxygen atoms in total. The summed E-state index contributed by atoms with van der Waals surface area (Å²) in [5.41, 5.74) is 0.809. The largest absolute Gasteiger partial charge is 0.493 e. The average molecular weight is 355 g/mol. The van der Waals surface area contributed by atoms with Gasteiger partial charge >= 0.3 is 10.1 Å². The Balaban J connectivity index is 2.22. The molecule has 1 fully saturated rings. The predicted octanol–water partition coefficient (Wildman–Crippen LogP) is 2.43. The first-order valence-electron chi connectivity index (χ1n) is 8.04. The van der Waals surface area contributed by atoms with Crippen LogP contribution in [0.2, 0.25) is 0 Å². The van der Waals surface area contributed by atoms with Crippen LogP contribution in [-0.4, -0.2) is 39.1 Å². The number of benzene rings is 1. The van der Waals surface area contributed by atoms with Crippen LogP contribution < -0.4 is 8.92 Å². The lowest BCUT2D eigenvalue weighted by molar-refractivity contribution is -0.133. The Bertz CT molecular complexity index is 695. The van der Waals surface area contributed by atoms with E-state index in [-0.39, 0.29) is 17.6 Å². The molecule has 1 aromatic carbocycles. The smallest absolute Gasteiger partial charge is 0.306 e. The van der Waals surface area contributed by atoms with E-state index in [0.29, 0.717) is 24.8 Å². The molecule has 134 valence electrons. The third-order valence-corrected chi connectivity index (χ3v) is 4.15. The molecule has 0 radical (unpaired) electrons. The normalized spacial score (nSPS) is 14.5. The summed E-state index contributed by atoms with van der Waals surface area (Å²) in [6.45, 7) is 5.24. The van der Waals surface area contributed by atoms with Crippen LogP contribution >= 0.6 is 0 Å². The van der Waals surface area contributed by atoms with Gasteiger partial charge in [0, 0.05) is 19.0 Å². The Morgan fingerprint density at radius 1 is 1.29 bits per heavy atom. The van der Waals surface area contributed by atoms with Crippen molar-refractivity contribution in [1.82, 2.24) is 4.90 Å². The van der Waals surface area contributed by atoms with Crippen molar-refractivity contribution < 1.29 is 22.1 Å². The van der Waals surface area contributed by atoms with Crippen molar-refractivity contribution in [2.45, 2.75) is 33.2 Å². The molecule has 1 amide bonds. The molecule has 0 bridgehead atoms. The third-order valence-electron chi connectivity index (χ3n) is 3.67. The van der Waals surface area contributed by atoms with Crippen LogP contribution in [0.1, 0.15) is 32.3 Å². The first-order valence-corrected chi connectivity index (χ1v) is 9.86. The Hall–Kier alpha value is -1.76. The van der Waals surface area contributed by atoms with Gasteiger partial charge in [0.1, 0.15) is 0 Å². The van der Waals surface area contributed by atoms with Crippen molar-refractivity contribution in [3.8, 4) is 11.5 Å². The summed E-state index contributed by atoms with van der Waals surface area (Å²) >= 11 is 0. The molecule has 1 saturated carbocycles. The van der Waals surface area contributed by atoms with Gasteiger partial charge in [-0.3, -0.25) is 4.79 Å². The highest BCUT2D eigenvalue weighted by Crippen LogP contribution is 2.33. The molecule has 24 heavy (non-hydrogen) atoms. The molecule has 7 heteroatoms. The minimum absolute atomic E-state index is 0.140.